The highest BCUT2D eigenvalue weighted by atomic mass is 15.2. The summed E-state index contributed by atoms with van der Waals surface area (Å²) in [6.45, 7) is 5.10. The number of rotatable bonds is 4. The molecule has 3 heteroatoms. The van der Waals surface area contributed by atoms with Crippen LogP contribution in [0.1, 0.15) is 25.5 Å². The Hall–Kier alpha value is -2.29. The third-order valence-corrected chi connectivity index (χ3v) is 3.54. The number of hydrogen-bond acceptors (Lipinski definition) is 2. The number of nitrogens with one attached hydrogen (secondary N) is 1. The van der Waals surface area contributed by atoms with Crippen molar-refractivity contribution in [2.24, 2.45) is 0 Å². The Bertz CT molecular complexity index is 708. The average Bonchev–Trinajstić information content (AvgIpc) is 2.93. The molecular weight excluding hydrogens is 246 g/mol. The quantitative estimate of drug-likeness (QED) is 0.765. The van der Waals surface area contributed by atoms with E-state index in [4.69, 9.17) is 0 Å². The number of nitrogens with zero attached hydrogens (tertiary/aromatic N) is 2. The number of benzene rings is 2. The van der Waals surface area contributed by atoms with Crippen molar-refractivity contribution >= 4 is 16.7 Å². The monoisotopic (exact) mass is 265 g/mol. The molecule has 0 aliphatic rings. The van der Waals surface area contributed by atoms with Crippen molar-refractivity contribution in [2.45, 2.75) is 26.4 Å². The lowest BCUT2D eigenvalue weighted by molar-refractivity contribution is 0.604. The molecule has 0 bridgehead atoms. The highest BCUT2D eigenvalue weighted by Crippen LogP contribution is 2.20. The molecule has 0 unspecified atom stereocenters. The molecule has 3 rings (SSSR count). The minimum absolute atomic E-state index is 0.410. The van der Waals surface area contributed by atoms with Crippen LogP contribution in [0.25, 0.3) is 10.8 Å². The molecule has 1 heterocycles. The van der Waals surface area contributed by atoms with E-state index in [1.54, 1.807) is 0 Å². The zero-order valence-corrected chi connectivity index (χ0v) is 11.9. The van der Waals surface area contributed by atoms with Gasteiger partial charge in [-0.2, -0.15) is 0 Å². The van der Waals surface area contributed by atoms with Gasteiger partial charge in [-0.1, -0.05) is 42.5 Å². The summed E-state index contributed by atoms with van der Waals surface area (Å²) in [4.78, 5) is 4.38. The highest BCUT2D eigenvalue weighted by Gasteiger charge is 2.06. The minimum Gasteiger partial charge on any atom is -0.352 e. The number of anilines is 1. The van der Waals surface area contributed by atoms with Crippen LogP contribution in [-0.4, -0.2) is 9.55 Å². The van der Waals surface area contributed by atoms with E-state index in [2.05, 4.69) is 71.2 Å². The van der Waals surface area contributed by atoms with Crippen molar-refractivity contribution in [1.82, 2.24) is 9.55 Å². The second-order valence-electron chi connectivity index (χ2n) is 5.24. The van der Waals surface area contributed by atoms with Gasteiger partial charge in [0.15, 0.2) is 0 Å². The molecule has 0 fully saturated rings. The van der Waals surface area contributed by atoms with Crippen LogP contribution in [0.15, 0.2) is 54.9 Å². The summed E-state index contributed by atoms with van der Waals surface area (Å²) in [5, 5.41) is 6.01. The fraction of sp³-hybridized carbons (Fsp3) is 0.235. The molecule has 0 saturated carbocycles. The highest BCUT2D eigenvalue weighted by molar-refractivity contribution is 5.85. The van der Waals surface area contributed by atoms with E-state index in [0.717, 1.165) is 12.5 Å². The van der Waals surface area contributed by atoms with Gasteiger partial charge in [0, 0.05) is 25.0 Å². The molecule has 20 heavy (non-hydrogen) atoms. The van der Waals surface area contributed by atoms with Crippen LogP contribution in [0.5, 0.6) is 0 Å². The van der Waals surface area contributed by atoms with Gasteiger partial charge in [0.1, 0.15) is 0 Å². The Balaban J connectivity index is 1.85. The first kappa shape index (κ1) is 12.7. The van der Waals surface area contributed by atoms with Crippen molar-refractivity contribution in [3.63, 3.8) is 0 Å². The SMILES string of the molecule is CC(C)n1ccnc1NCc1cccc2ccccc12. The van der Waals surface area contributed by atoms with Crippen LogP contribution in [0.2, 0.25) is 0 Å². The van der Waals surface area contributed by atoms with E-state index in [-0.39, 0.29) is 0 Å². The molecule has 0 atom stereocenters. The van der Waals surface area contributed by atoms with Crippen molar-refractivity contribution < 1.29 is 0 Å². The molecule has 0 saturated heterocycles. The summed E-state index contributed by atoms with van der Waals surface area (Å²) in [5.74, 6) is 0.924. The Morgan fingerprint density at radius 3 is 2.75 bits per heavy atom. The zero-order valence-electron chi connectivity index (χ0n) is 11.9. The van der Waals surface area contributed by atoms with Crippen LogP contribution in [0.3, 0.4) is 0 Å². The molecule has 2 aromatic carbocycles. The first-order chi connectivity index (χ1) is 9.75. The lowest BCUT2D eigenvalue weighted by atomic mass is 10.0. The first-order valence-electron chi connectivity index (χ1n) is 6.99. The fourth-order valence-corrected chi connectivity index (χ4v) is 2.49. The third-order valence-electron chi connectivity index (χ3n) is 3.54. The fourth-order valence-electron chi connectivity index (χ4n) is 2.49. The summed E-state index contributed by atoms with van der Waals surface area (Å²) in [6, 6.07) is 15.3. The Morgan fingerprint density at radius 2 is 1.90 bits per heavy atom. The normalized spacial score (nSPS) is 11.2. The van der Waals surface area contributed by atoms with E-state index in [1.807, 2.05) is 12.4 Å². The second kappa shape index (κ2) is 5.37. The Labute approximate surface area is 119 Å². The van der Waals surface area contributed by atoms with Gasteiger partial charge in [-0.25, -0.2) is 4.98 Å². The van der Waals surface area contributed by atoms with E-state index >= 15 is 0 Å². The molecule has 0 aliphatic heterocycles. The molecule has 0 aliphatic carbocycles. The minimum atomic E-state index is 0.410. The van der Waals surface area contributed by atoms with Gasteiger partial charge in [0.25, 0.3) is 0 Å². The molecule has 3 nitrogen and oxygen atoms in total. The smallest absolute Gasteiger partial charge is 0.203 e. The van der Waals surface area contributed by atoms with E-state index in [1.165, 1.54) is 16.3 Å². The van der Waals surface area contributed by atoms with E-state index < -0.39 is 0 Å². The van der Waals surface area contributed by atoms with Crippen LogP contribution in [-0.2, 0) is 6.54 Å². The average molecular weight is 265 g/mol. The van der Waals surface area contributed by atoms with Gasteiger partial charge >= 0.3 is 0 Å². The maximum atomic E-state index is 4.38. The van der Waals surface area contributed by atoms with Crippen LogP contribution in [0.4, 0.5) is 5.95 Å². The maximum absolute atomic E-state index is 4.38. The third kappa shape index (κ3) is 2.39. The molecule has 0 amide bonds. The lowest BCUT2D eigenvalue weighted by Gasteiger charge is -2.13. The Kier molecular flexibility index (Phi) is 3.42. The Morgan fingerprint density at radius 1 is 1.10 bits per heavy atom. The summed E-state index contributed by atoms with van der Waals surface area (Å²) < 4.78 is 2.14. The van der Waals surface area contributed by atoms with Crippen molar-refractivity contribution in [3.05, 3.63) is 60.4 Å². The molecule has 102 valence electrons. The van der Waals surface area contributed by atoms with Gasteiger partial charge in [-0.3, -0.25) is 0 Å². The van der Waals surface area contributed by atoms with Crippen molar-refractivity contribution in [3.8, 4) is 0 Å². The predicted octanol–water partition coefficient (Wildman–Crippen LogP) is 4.23. The van der Waals surface area contributed by atoms with E-state index in [9.17, 15) is 0 Å². The van der Waals surface area contributed by atoms with Gasteiger partial charge in [-0.05, 0) is 30.2 Å². The standard InChI is InChI=1S/C17H19N3/c1-13(2)20-11-10-18-17(20)19-12-15-8-5-7-14-6-3-4-9-16(14)15/h3-11,13H,12H2,1-2H3,(H,18,19). The number of aromatic nitrogens is 2. The molecule has 0 spiro atoms. The van der Waals surface area contributed by atoms with E-state index in [0.29, 0.717) is 6.04 Å². The summed E-state index contributed by atoms with van der Waals surface area (Å²) in [7, 11) is 0. The molecular formula is C17H19N3. The maximum Gasteiger partial charge on any atom is 0.203 e. The van der Waals surface area contributed by atoms with Crippen molar-refractivity contribution in [2.75, 3.05) is 5.32 Å². The largest absolute Gasteiger partial charge is 0.352 e. The van der Waals surface area contributed by atoms with Gasteiger partial charge in [0.2, 0.25) is 5.95 Å². The first-order valence-corrected chi connectivity index (χ1v) is 6.99. The van der Waals surface area contributed by atoms with Crippen LogP contribution in [0, 0.1) is 0 Å². The summed E-state index contributed by atoms with van der Waals surface area (Å²) in [6.07, 6.45) is 3.85. The topological polar surface area (TPSA) is 29.9 Å². The zero-order chi connectivity index (χ0) is 13.9. The number of hydrogen-bond donors (Lipinski definition) is 1. The second-order valence-corrected chi connectivity index (χ2v) is 5.24. The molecule has 1 aromatic heterocycles. The summed E-state index contributed by atoms with van der Waals surface area (Å²) in [5.41, 5.74) is 1.29. The summed E-state index contributed by atoms with van der Waals surface area (Å²) >= 11 is 0. The van der Waals surface area contributed by atoms with Crippen LogP contribution < -0.4 is 5.32 Å². The number of fused-ring (bicyclic) bond motifs is 1. The number of imidazole rings is 1. The molecule has 1 N–H and O–H groups in total. The van der Waals surface area contributed by atoms with Crippen LogP contribution >= 0.6 is 0 Å². The van der Waals surface area contributed by atoms with Gasteiger partial charge < -0.3 is 9.88 Å². The molecule has 0 radical (unpaired) electrons. The lowest BCUT2D eigenvalue weighted by Crippen LogP contribution is -2.09. The van der Waals surface area contributed by atoms with Crippen molar-refractivity contribution in [1.29, 1.82) is 0 Å². The van der Waals surface area contributed by atoms with Gasteiger partial charge in [0.05, 0.1) is 0 Å². The molecule has 3 aromatic rings. The van der Waals surface area contributed by atoms with Gasteiger partial charge in [-0.15, -0.1) is 0 Å². The predicted molar refractivity (Wildman–Crippen MR) is 83.9 cm³/mol.